The topological polar surface area (TPSA) is 69.8 Å². The first-order valence-corrected chi connectivity index (χ1v) is 7.02. The maximum absolute atomic E-state index is 12.2. The molecule has 3 heterocycles. The molecule has 3 rings (SSSR count). The van der Waals surface area contributed by atoms with E-state index in [4.69, 9.17) is 0 Å². The maximum atomic E-state index is 12.2. The zero-order valence-corrected chi connectivity index (χ0v) is 11.8. The molecule has 0 radical (unpaired) electrons. The van der Waals surface area contributed by atoms with Crippen molar-refractivity contribution in [2.45, 2.75) is 13.5 Å². The molecule has 0 unspecified atom stereocenters. The smallest absolute Gasteiger partial charge is 0.268 e. The van der Waals surface area contributed by atoms with Crippen molar-refractivity contribution in [1.29, 1.82) is 0 Å². The first kappa shape index (κ1) is 12.7. The van der Waals surface area contributed by atoms with Crippen LogP contribution in [0.5, 0.6) is 0 Å². The lowest BCUT2D eigenvalue weighted by Gasteiger charge is -2.13. The average Bonchev–Trinajstić information content (AvgIpc) is 2.98. The average molecular weight is 288 g/mol. The largest absolute Gasteiger partial charge is 0.352 e. The van der Waals surface area contributed by atoms with Crippen LogP contribution in [0.4, 0.5) is 0 Å². The Morgan fingerprint density at radius 2 is 2.15 bits per heavy atom. The highest BCUT2D eigenvalue weighted by Gasteiger charge is 2.18. The summed E-state index contributed by atoms with van der Waals surface area (Å²) < 4.78 is 2.60. The van der Waals surface area contributed by atoms with Crippen LogP contribution >= 0.6 is 11.3 Å². The predicted molar refractivity (Wildman–Crippen MR) is 77.1 cm³/mol. The van der Waals surface area contributed by atoms with E-state index in [1.54, 1.807) is 22.1 Å². The SMILES string of the molecule is CCn1nc(-c2cccs2)cc2c(=O)n(C)c(=O)nc1-2. The van der Waals surface area contributed by atoms with Crippen LogP contribution < -0.4 is 11.2 Å². The Bertz CT molecular complexity index is 848. The zero-order chi connectivity index (χ0) is 14.3. The van der Waals surface area contributed by atoms with Crippen LogP contribution in [0.3, 0.4) is 0 Å². The molecule has 6 nitrogen and oxygen atoms in total. The summed E-state index contributed by atoms with van der Waals surface area (Å²) in [5.74, 6) is 0.334. The summed E-state index contributed by atoms with van der Waals surface area (Å²) in [4.78, 5) is 28.8. The lowest BCUT2D eigenvalue weighted by Crippen LogP contribution is -2.36. The van der Waals surface area contributed by atoms with E-state index in [0.717, 1.165) is 9.44 Å². The van der Waals surface area contributed by atoms with Crippen molar-refractivity contribution in [3.05, 3.63) is 44.4 Å². The predicted octanol–water partition coefficient (Wildman–Crippen LogP) is 1.19. The van der Waals surface area contributed by atoms with E-state index in [1.807, 2.05) is 24.4 Å². The van der Waals surface area contributed by atoms with E-state index in [1.165, 1.54) is 7.05 Å². The van der Waals surface area contributed by atoms with E-state index in [-0.39, 0.29) is 5.56 Å². The number of hydrogen-bond donors (Lipinski definition) is 0. The molecule has 0 saturated carbocycles. The second-order valence-corrected chi connectivity index (χ2v) is 5.27. The summed E-state index contributed by atoms with van der Waals surface area (Å²) in [6.45, 7) is 2.43. The molecule has 0 aliphatic carbocycles. The summed E-state index contributed by atoms with van der Waals surface area (Å²) >= 11 is 1.55. The molecule has 0 N–H and O–H groups in total. The molecule has 0 amide bonds. The summed E-state index contributed by atoms with van der Waals surface area (Å²) in [6.07, 6.45) is 0. The monoisotopic (exact) mass is 288 g/mol. The van der Waals surface area contributed by atoms with Crippen molar-refractivity contribution in [2.75, 3.05) is 0 Å². The van der Waals surface area contributed by atoms with Crippen molar-refractivity contribution in [1.82, 2.24) is 19.3 Å². The number of aromatic nitrogens is 4. The maximum Gasteiger partial charge on any atom is 0.352 e. The van der Waals surface area contributed by atoms with Crippen LogP contribution in [0.1, 0.15) is 6.92 Å². The van der Waals surface area contributed by atoms with Crippen molar-refractivity contribution >= 4 is 11.3 Å². The fraction of sp³-hybridized carbons (Fsp3) is 0.231. The third-order valence-electron chi connectivity index (χ3n) is 3.09. The first-order valence-electron chi connectivity index (χ1n) is 6.14. The number of nitrogens with zero attached hydrogens (tertiary/aromatic N) is 4. The summed E-state index contributed by atoms with van der Waals surface area (Å²) in [5.41, 5.74) is 0.219. The lowest BCUT2D eigenvalue weighted by atomic mass is 10.2. The fourth-order valence-corrected chi connectivity index (χ4v) is 2.70. The molecule has 7 heteroatoms. The molecule has 0 bridgehead atoms. The Kier molecular flexibility index (Phi) is 2.98. The molecule has 102 valence electrons. The van der Waals surface area contributed by atoms with Crippen LogP contribution in [0, 0.1) is 0 Å². The normalized spacial score (nSPS) is 11.1. The van der Waals surface area contributed by atoms with Crippen molar-refractivity contribution < 1.29 is 0 Å². The number of aryl methyl sites for hydroxylation is 1. The molecule has 0 atom stereocenters. The van der Waals surface area contributed by atoms with Gasteiger partial charge in [-0.25, -0.2) is 9.48 Å². The highest BCUT2D eigenvalue weighted by atomic mass is 32.1. The lowest BCUT2D eigenvalue weighted by molar-refractivity contribution is 0.625. The molecule has 0 aromatic carbocycles. The molecule has 20 heavy (non-hydrogen) atoms. The van der Waals surface area contributed by atoms with Crippen LogP contribution in [0.2, 0.25) is 0 Å². The van der Waals surface area contributed by atoms with Gasteiger partial charge in [-0.15, -0.1) is 11.3 Å². The van der Waals surface area contributed by atoms with Crippen molar-refractivity contribution in [3.63, 3.8) is 0 Å². The van der Waals surface area contributed by atoms with Crippen LogP contribution in [-0.4, -0.2) is 19.3 Å². The van der Waals surface area contributed by atoms with E-state index >= 15 is 0 Å². The van der Waals surface area contributed by atoms with Gasteiger partial charge in [0.15, 0.2) is 5.82 Å². The van der Waals surface area contributed by atoms with Crippen LogP contribution in [0.25, 0.3) is 22.0 Å². The number of hydrogen-bond acceptors (Lipinski definition) is 5. The van der Waals surface area contributed by atoms with Crippen LogP contribution in [0.15, 0.2) is 33.2 Å². The number of thiophene rings is 1. The molecule has 1 aromatic heterocycles. The van der Waals surface area contributed by atoms with E-state index in [9.17, 15) is 9.59 Å². The first-order chi connectivity index (χ1) is 9.61. The van der Waals surface area contributed by atoms with E-state index in [2.05, 4.69) is 10.1 Å². The third-order valence-corrected chi connectivity index (χ3v) is 3.98. The minimum atomic E-state index is -0.560. The standard InChI is InChI=1S/C13H12N4O2S/c1-3-17-11-8(12(18)16(2)13(19)14-11)7-9(15-17)10-5-4-6-20-10/h4-7H,3H2,1-2H3. The van der Waals surface area contributed by atoms with E-state index < -0.39 is 5.69 Å². The zero-order valence-electron chi connectivity index (χ0n) is 11.0. The van der Waals surface area contributed by atoms with Gasteiger partial charge in [0.2, 0.25) is 0 Å². The summed E-state index contributed by atoms with van der Waals surface area (Å²) in [6, 6.07) is 5.57. The molecular weight excluding hydrogens is 276 g/mol. The van der Waals surface area contributed by atoms with Gasteiger partial charge in [0.1, 0.15) is 5.69 Å². The Morgan fingerprint density at radius 1 is 1.35 bits per heavy atom. The quantitative estimate of drug-likeness (QED) is 0.710. The minimum Gasteiger partial charge on any atom is -0.268 e. The summed E-state index contributed by atoms with van der Waals surface area (Å²) in [5, 5.41) is 6.40. The molecule has 0 saturated heterocycles. The van der Waals surface area contributed by atoms with Gasteiger partial charge in [0.25, 0.3) is 5.56 Å². The van der Waals surface area contributed by atoms with Crippen molar-refractivity contribution in [3.8, 4) is 22.0 Å². The number of rotatable bonds is 2. The Morgan fingerprint density at radius 3 is 2.80 bits per heavy atom. The highest BCUT2D eigenvalue weighted by Crippen LogP contribution is 2.25. The Balaban J connectivity index is 2.41. The molecular formula is C13H12N4O2S. The second-order valence-electron chi connectivity index (χ2n) is 4.32. The van der Waals surface area contributed by atoms with Gasteiger partial charge in [-0.1, -0.05) is 6.07 Å². The van der Waals surface area contributed by atoms with Gasteiger partial charge in [0.05, 0.1) is 10.4 Å². The molecule has 2 aliphatic heterocycles. The van der Waals surface area contributed by atoms with Gasteiger partial charge < -0.3 is 0 Å². The van der Waals surface area contributed by atoms with Gasteiger partial charge in [-0.05, 0) is 24.4 Å². The van der Waals surface area contributed by atoms with Gasteiger partial charge in [-0.2, -0.15) is 10.1 Å². The van der Waals surface area contributed by atoms with E-state index in [0.29, 0.717) is 23.6 Å². The molecule has 0 spiro atoms. The third kappa shape index (κ3) is 1.87. The molecule has 2 aliphatic rings. The van der Waals surface area contributed by atoms with Gasteiger partial charge in [0, 0.05) is 13.6 Å². The molecule has 0 fully saturated rings. The number of fused-ring (bicyclic) bond motifs is 1. The Labute approximate surface area is 118 Å². The summed E-state index contributed by atoms with van der Waals surface area (Å²) in [7, 11) is 1.43. The minimum absolute atomic E-state index is 0.334. The van der Waals surface area contributed by atoms with Crippen molar-refractivity contribution in [2.24, 2.45) is 7.05 Å². The highest BCUT2D eigenvalue weighted by molar-refractivity contribution is 7.13. The molecule has 1 aromatic rings. The second kappa shape index (κ2) is 4.68. The van der Waals surface area contributed by atoms with Gasteiger partial charge in [-0.3, -0.25) is 9.36 Å². The Hall–Kier alpha value is -2.28. The van der Waals surface area contributed by atoms with Gasteiger partial charge >= 0.3 is 5.69 Å². The van der Waals surface area contributed by atoms with Crippen LogP contribution in [-0.2, 0) is 13.6 Å². The fourth-order valence-electron chi connectivity index (χ4n) is 2.02.